The van der Waals surface area contributed by atoms with Gasteiger partial charge in [-0.2, -0.15) is 0 Å². The fourth-order valence-electron chi connectivity index (χ4n) is 1.73. The zero-order valence-corrected chi connectivity index (χ0v) is 10.4. The summed E-state index contributed by atoms with van der Waals surface area (Å²) >= 11 is 3.39. The number of hydrogen-bond acceptors (Lipinski definition) is 3. The molecule has 1 aliphatic rings. The lowest BCUT2D eigenvalue weighted by molar-refractivity contribution is 0.249. The second-order valence-electron chi connectivity index (χ2n) is 3.95. The van der Waals surface area contributed by atoms with Crippen molar-refractivity contribution in [1.29, 1.82) is 0 Å². The van der Waals surface area contributed by atoms with Gasteiger partial charge in [0.15, 0.2) is 0 Å². The highest BCUT2D eigenvalue weighted by molar-refractivity contribution is 9.10. The minimum atomic E-state index is 0.634. The largest absolute Gasteiger partial charge is 0.477 e. The van der Waals surface area contributed by atoms with Crippen molar-refractivity contribution in [1.82, 2.24) is 10.3 Å². The average Bonchev–Trinajstić information content (AvgIpc) is 2.69. The van der Waals surface area contributed by atoms with Crippen LogP contribution in [0, 0.1) is 12.8 Å². The molecule has 0 amide bonds. The molecule has 0 saturated carbocycles. The molecule has 0 aliphatic carbocycles. The predicted molar refractivity (Wildman–Crippen MR) is 63.1 cm³/mol. The predicted octanol–water partition coefficient (Wildman–Crippen LogP) is 2.14. The number of rotatable bonds is 3. The van der Waals surface area contributed by atoms with Crippen molar-refractivity contribution in [3.63, 3.8) is 0 Å². The van der Waals surface area contributed by atoms with E-state index in [2.05, 4.69) is 26.2 Å². The molecule has 2 rings (SSSR count). The van der Waals surface area contributed by atoms with Crippen molar-refractivity contribution in [2.75, 3.05) is 19.7 Å². The number of nitrogens with zero attached hydrogens (tertiary/aromatic N) is 1. The summed E-state index contributed by atoms with van der Waals surface area (Å²) in [5.41, 5.74) is 1.08. The fourth-order valence-corrected chi connectivity index (χ4v) is 2.18. The monoisotopic (exact) mass is 270 g/mol. The molecular weight excluding hydrogens is 256 g/mol. The number of aromatic nitrogens is 1. The Bertz CT molecular complexity index is 337. The van der Waals surface area contributed by atoms with Crippen LogP contribution in [0.25, 0.3) is 0 Å². The van der Waals surface area contributed by atoms with Crippen LogP contribution in [0.5, 0.6) is 5.88 Å². The summed E-state index contributed by atoms with van der Waals surface area (Å²) in [5, 5.41) is 3.32. The highest BCUT2D eigenvalue weighted by Crippen LogP contribution is 2.20. The van der Waals surface area contributed by atoms with E-state index in [9.17, 15) is 0 Å². The van der Waals surface area contributed by atoms with E-state index >= 15 is 0 Å². The SMILES string of the molecule is Cc1cc(Br)cnc1OCC1CCNC1. The summed E-state index contributed by atoms with van der Waals surface area (Å²) in [4.78, 5) is 4.25. The molecule has 1 fully saturated rings. The third-order valence-corrected chi connectivity index (χ3v) is 3.05. The van der Waals surface area contributed by atoms with Gasteiger partial charge in [0.1, 0.15) is 0 Å². The number of halogens is 1. The van der Waals surface area contributed by atoms with E-state index in [1.54, 1.807) is 6.20 Å². The number of ether oxygens (including phenoxy) is 1. The third kappa shape index (κ3) is 2.92. The van der Waals surface area contributed by atoms with Crippen molar-refractivity contribution in [3.05, 3.63) is 22.3 Å². The molecule has 1 atom stereocenters. The molecule has 0 spiro atoms. The fraction of sp³-hybridized carbons (Fsp3) is 0.545. The Hall–Kier alpha value is -0.610. The van der Waals surface area contributed by atoms with Gasteiger partial charge in [-0.05, 0) is 41.9 Å². The van der Waals surface area contributed by atoms with Crippen LogP contribution in [0.1, 0.15) is 12.0 Å². The summed E-state index contributed by atoms with van der Waals surface area (Å²) in [6.45, 7) is 4.96. The van der Waals surface area contributed by atoms with Crippen LogP contribution in [0.4, 0.5) is 0 Å². The maximum Gasteiger partial charge on any atom is 0.216 e. The summed E-state index contributed by atoms with van der Waals surface area (Å²) in [7, 11) is 0. The first kappa shape index (κ1) is 10.9. The van der Waals surface area contributed by atoms with E-state index in [0.717, 1.165) is 35.6 Å². The van der Waals surface area contributed by atoms with Gasteiger partial charge in [-0.1, -0.05) is 0 Å². The van der Waals surface area contributed by atoms with Gasteiger partial charge in [0, 0.05) is 28.7 Å². The van der Waals surface area contributed by atoms with Crippen LogP contribution in [-0.4, -0.2) is 24.7 Å². The van der Waals surface area contributed by atoms with E-state index in [0.29, 0.717) is 5.92 Å². The first-order chi connectivity index (χ1) is 7.25. The molecule has 82 valence electrons. The molecule has 2 heterocycles. The highest BCUT2D eigenvalue weighted by atomic mass is 79.9. The quantitative estimate of drug-likeness (QED) is 0.914. The molecular formula is C11H15BrN2O. The molecule has 15 heavy (non-hydrogen) atoms. The molecule has 1 saturated heterocycles. The molecule has 1 aliphatic heterocycles. The van der Waals surface area contributed by atoms with E-state index in [1.807, 2.05) is 13.0 Å². The molecule has 1 aromatic heterocycles. The van der Waals surface area contributed by atoms with Gasteiger partial charge >= 0.3 is 0 Å². The van der Waals surface area contributed by atoms with Crippen molar-refractivity contribution < 1.29 is 4.74 Å². The Morgan fingerprint density at radius 3 is 3.20 bits per heavy atom. The molecule has 1 unspecified atom stereocenters. The van der Waals surface area contributed by atoms with Gasteiger partial charge in [-0.25, -0.2) is 4.98 Å². The molecule has 0 aromatic carbocycles. The lowest BCUT2D eigenvalue weighted by atomic mass is 10.1. The lowest BCUT2D eigenvalue weighted by Crippen LogP contribution is -2.16. The Morgan fingerprint density at radius 2 is 2.53 bits per heavy atom. The lowest BCUT2D eigenvalue weighted by Gasteiger charge is -2.11. The van der Waals surface area contributed by atoms with Crippen LogP contribution in [-0.2, 0) is 0 Å². The Balaban J connectivity index is 1.92. The standard InChI is InChI=1S/C11H15BrN2O/c1-8-4-10(12)6-14-11(8)15-7-9-2-3-13-5-9/h4,6,9,13H,2-3,5,7H2,1H3. The Labute approximate surface area is 98.4 Å². The van der Waals surface area contributed by atoms with Crippen molar-refractivity contribution in [3.8, 4) is 5.88 Å². The molecule has 4 heteroatoms. The average molecular weight is 271 g/mol. The van der Waals surface area contributed by atoms with Crippen LogP contribution in [0.3, 0.4) is 0 Å². The summed E-state index contributed by atoms with van der Waals surface area (Å²) in [6.07, 6.45) is 2.98. The first-order valence-electron chi connectivity index (χ1n) is 5.21. The van der Waals surface area contributed by atoms with Crippen LogP contribution < -0.4 is 10.1 Å². The second-order valence-corrected chi connectivity index (χ2v) is 4.86. The minimum Gasteiger partial charge on any atom is -0.477 e. The maximum atomic E-state index is 5.70. The number of aryl methyl sites for hydroxylation is 1. The van der Waals surface area contributed by atoms with Gasteiger partial charge in [0.2, 0.25) is 5.88 Å². The van der Waals surface area contributed by atoms with Crippen LogP contribution >= 0.6 is 15.9 Å². The smallest absolute Gasteiger partial charge is 0.216 e. The van der Waals surface area contributed by atoms with E-state index in [-0.39, 0.29) is 0 Å². The number of nitrogens with one attached hydrogen (secondary N) is 1. The first-order valence-corrected chi connectivity index (χ1v) is 6.00. The van der Waals surface area contributed by atoms with Gasteiger partial charge in [0.25, 0.3) is 0 Å². The summed E-state index contributed by atoms with van der Waals surface area (Å²) in [6, 6.07) is 2.02. The van der Waals surface area contributed by atoms with Crippen molar-refractivity contribution in [2.24, 2.45) is 5.92 Å². The zero-order chi connectivity index (χ0) is 10.7. The molecule has 0 radical (unpaired) electrons. The topological polar surface area (TPSA) is 34.1 Å². The van der Waals surface area contributed by atoms with Gasteiger partial charge in [0.05, 0.1) is 6.61 Å². The van der Waals surface area contributed by atoms with Crippen molar-refractivity contribution >= 4 is 15.9 Å². The summed E-state index contributed by atoms with van der Waals surface area (Å²) in [5.74, 6) is 1.39. The maximum absolute atomic E-state index is 5.70. The van der Waals surface area contributed by atoms with E-state index < -0.39 is 0 Å². The molecule has 0 bridgehead atoms. The van der Waals surface area contributed by atoms with Crippen LogP contribution in [0.2, 0.25) is 0 Å². The summed E-state index contributed by atoms with van der Waals surface area (Å²) < 4.78 is 6.70. The highest BCUT2D eigenvalue weighted by Gasteiger charge is 2.15. The third-order valence-electron chi connectivity index (χ3n) is 2.61. The normalized spacial score (nSPS) is 20.5. The van der Waals surface area contributed by atoms with E-state index in [4.69, 9.17) is 4.74 Å². The Kier molecular flexibility index (Phi) is 3.59. The van der Waals surface area contributed by atoms with E-state index in [1.165, 1.54) is 6.42 Å². The van der Waals surface area contributed by atoms with Crippen molar-refractivity contribution in [2.45, 2.75) is 13.3 Å². The Morgan fingerprint density at radius 1 is 1.67 bits per heavy atom. The molecule has 1 aromatic rings. The minimum absolute atomic E-state index is 0.634. The molecule has 1 N–H and O–H groups in total. The van der Waals surface area contributed by atoms with Gasteiger partial charge < -0.3 is 10.1 Å². The number of hydrogen-bond donors (Lipinski definition) is 1. The van der Waals surface area contributed by atoms with Gasteiger partial charge in [-0.15, -0.1) is 0 Å². The van der Waals surface area contributed by atoms with Gasteiger partial charge in [-0.3, -0.25) is 0 Å². The molecule has 3 nitrogen and oxygen atoms in total. The van der Waals surface area contributed by atoms with Crippen LogP contribution in [0.15, 0.2) is 16.7 Å². The zero-order valence-electron chi connectivity index (χ0n) is 8.79. The second kappa shape index (κ2) is 4.94. The number of pyridine rings is 1.